The molecular formula is C13H12F3N3O. The number of halogens is 3. The number of nitrogens with one attached hydrogen (secondary N) is 1. The van der Waals surface area contributed by atoms with Crippen molar-refractivity contribution < 1.29 is 17.9 Å². The van der Waals surface area contributed by atoms with E-state index in [2.05, 4.69) is 15.3 Å². The van der Waals surface area contributed by atoms with E-state index in [1.54, 1.807) is 6.07 Å². The van der Waals surface area contributed by atoms with Crippen molar-refractivity contribution in [2.75, 3.05) is 18.7 Å². The first-order valence-electron chi connectivity index (χ1n) is 5.84. The molecule has 0 amide bonds. The van der Waals surface area contributed by atoms with Gasteiger partial charge in [0.25, 0.3) is 0 Å². The molecule has 2 aromatic rings. The van der Waals surface area contributed by atoms with E-state index in [1.165, 1.54) is 24.7 Å². The second kappa shape index (κ2) is 6.74. The molecule has 1 aromatic carbocycles. The Bertz CT molecular complexity index is 550. The molecule has 20 heavy (non-hydrogen) atoms. The molecule has 0 saturated carbocycles. The van der Waals surface area contributed by atoms with Gasteiger partial charge in [-0.1, -0.05) is 0 Å². The van der Waals surface area contributed by atoms with Crippen molar-refractivity contribution >= 4 is 11.5 Å². The zero-order valence-corrected chi connectivity index (χ0v) is 10.4. The van der Waals surface area contributed by atoms with Gasteiger partial charge >= 0.3 is 0 Å². The highest BCUT2D eigenvalue weighted by Crippen LogP contribution is 2.28. The van der Waals surface area contributed by atoms with Gasteiger partial charge in [0.15, 0.2) is 6.10 Å². The smallest absolute Gasteiger partial charge is 0.155 e. The molecule has 0 bridgehead atoms. The van der Waals surface area contributed by atoms with Gasteiger partial charge in [-0.3, -0.25) is 0 Å². The number of hydrogen-bond acceptors (Lipinski definition) is 4. The fourth-order valence-electron chi connectivity index (χ4n) is 1.48. The van der Waals surface area contributed by atoms with Crippen LogP contribution >= 0.6 is 0 Å². The SMILES string of the molecule is FCC(CF)Oc1cc(F)ccc1Nc1ccncn1. The Hall–Kier alpha value is -2.31. The molecular weight excluding hydrogens is 271 g/mol. The van der Waals surface area contributed by atoms with Crippen molar-refractivity contribution in [2.24, 2.45) is 0 Å². The van der Waals surface area contributed by atoms with Gasteiger partial charge in [-0.05, 0) is 18.2 Å². The van der Waals surface area contributed by atoms with E-state index in [4.69, 9.17) is 4.74 Å². The van der Waals surface area contributed by atoms with Crippen LogP contribution < -0.4 is 10.1 Å². The maximum Gasteiger partial charge on any atom is 0.155 e. The van der Waals surface area contributed by atoms with Crippen molar-refractivity contribution in [3.8, 4) is 5.75 Å². The first-order chi connectivity index (χ1) is 9.72. The standard InChI is InChI=1S/C13H12F3N3O/c14-6-10(7-15)20-12-5-9(16)1-2-11(12)19-13-3-4-17-8-18-13/h1-5,8,10H,6-7H2,(H,17,18,19). The Labute approximate surface area is 113 Å². The lowest BCUT2D eigenvalue weighted by atomic mass is 10.2. The van der Waals surface area contributed by atoms with Gasteiger partial charge < -0.3 is 10.1 Å². The molecule has 0 aliphatic heterocycles. The van der Waals surface area contributed by atoms with Crippen LogP contribution in [-0.2, 0) is 0 Å². The van der Waals surface area contributed by atoms with Crippen LogP contribution in [0.15, 0.2) is 36.8 Å². The minimum absolute atomic E-state index is 0.0175. The summed E-state index contributed by atoms with van der Waals surface area (Å²) in [5.74, 6) is -0.0953. The number of hydrogen-bond donors (Lipinski definition) is 1. The lowest BCUT2D eigenvalue weighted by molar-refractivity contribution is 0.134. The molecule has 106 valence electrons. The number of anilines is 2. The lowest BCUT2D eigenvalue weighted by Crippen LogP contribution is -2.21. The first-order valence-corrected chi connectivity index (χ1v) is 5.84. The third-order valence-corrected chi connectivity index (χ3v) is 2.43. The minimum Gasteiger partial charge on any atom is -0.483 e. The monoisotopic (exact) mass is 283 g/mol. The number of nitrogens with zero attached hydrogens (tertiary/aromatic N) is 2. The molecule has 0 aliphatic carbocycles. The topological polar surface area (TPSA) is 47.0 Å². The van der Waals surface area contributed by atoms with Crippen LogP contribution in [0.25, 0.3) is 0 Å². The number of benzene rings is 1. The normalized spacial score (nSPS) is 10.6. The van der Waals surface area contributed by atoms with Crippen LogP contribution in [-0.4, -0.2) is 29.4 Å². The fraction of sp³-hybridized carbons (Fsp3) is 0.231. The molecule has 0 spiro atoms. The molecule has 0 fully saturated rings. The molecule has 0 atom stereocenters. The molecule has 1 aromatic heterocycles. The van der Waals surface area contributed by atoms with E-state index in [0.29, 0.717) is 11.5 Å². The summed E-state index contributed by atoms with van der Waals surface area (Å²) < 4.78 is 43.3. The molecule has 0 aliphatic rings. The van der Waals surface area contributed by atoms with E-state index in [-0.39, 0.29) is 5.75 Å². The summed E-state index contributed by atoms with van der Waals surface area (Å²) >= 11 is 0. The summed E-state index contributed by atoms with van der Waals surface area (Å²) in [6.45, 7) is -2.00. The van der Waals surface area contributed by atoms with Crippen LogP contribution in [0.5, 0.6) is 5.75 Å². The number of alkyl halides is 2. The van der Waals surface area contributed by atoms with Crippen molar-refractivity contribution in [1.29, 1.82) is 0 Å². The van der Waals surface area contributed by atoms with Crippen LogP contribution in [0, 0.1) is 5.82 Å². The van der Waals surface area contributed by atoms with E-state index >= 15 is 0 Å². The Morgan fingerprint density at radius 2 is 2.00 bits per heavy atom. The molecule has 0 unspecified atom stereocenters. The van der Waals surface area contributed by atoms with Gasteiger partial charge in [0.2, 0.25) is 0 Å². The zero-order chi connectivity index (χ0) is 14.4. The van der Waals surface area contributed by atoms with E-state index in [1.807, 2.05) is 0 Å². The fourth-order valence-corrected chi connectivity index (χ4v) is 1.48. The van der Waals surface area contributed by atoms with E-state index in [9.17, 15) is 13.2 Å². The van der Waals surface area contributed by atoms with Crippen molar-refractivity contribution in [1.82, 2.24) is 9.97 Å². The quantitative estimate of drug-likeness (QED) is 0.885. The predicted octanol–water partition coefficient (Wildman–Crippen LogP) is 3.05. The summed E-state index contributed by atoms with van der Waals surface area (Å²) in [5, 5.41) is 2.87. The van der Waals surface area contributed by atoms with Gasteiger partial charge in [0.1, 0.15) is 37.1 Å². The van der Waals surface area contributed by atoms with E-state index in [0.717, 1.165) is 6.07 Å². The molecule has 1 heterocycles. The molecule has 7 heteroatoms. The van der Waals surface area contributed by atoms with Crippen LogP contribution in [0.1, 0.15) is 0 Å². The summed E-state index contributed by atoms with van der Waals surface area (Å²) in [6.07, 6.45) is 1.59. The van der Waals surface area contributed by atoms with Gasteiger partial charge in [0, 0.05) is 12.3 Å². The minimum atomic E-state index is -1.26. The molecule has 2 rings (SSSR count). The summed E-state index contributed by atoms with van der Waals surface area (Å²) in [5.41, 5.74) is 0.358. The first kappa shape index (κ1) is 14.1. The largest absolute Gasteiger partial charge is 0.483 e. The Kier molecular flexibility index (Phi) is 4.75. The van der Waals surface area contributed by atoms with Gasteiger partial charge in [-0.25, -0.2) is 23.1 Å². The van der Waals surface area contributed by atoms with Crippen molar-refractivity contribution in [2.45, 2.75) is 6.10 Å². The molecule has 4 nitrogen and oxygen atoms in total. The molecule has 1 N–H and O–H groups in total. The highest BCUT2D eigenvalue weighted by Gasteiger charge is 2.14. The highest BCUT2D eigenvalue weighted by molar-refractivity contribution is 5.63. The Morgan fingerprint density at radius 3 is 2.65 bits per heavy atom. The summed E-state index contributed by atoms with van der Waals surface area (Å²) in [7, 11) is 0. The van der Waals surface area contributed by atoms with Crippen LogP contribution in [0.4, 0.5) is 24.7 Å². The lowest BCUT2D eigenvalue weighted by Gasteiger charge is -2.16. The maximum atomic E-state index is 13.2. The Balaban J connectivity index is 2.23. The van der Waals surface area contributed by atoms with Crippen LogP contribution in [0.3, 0.4) is 0 Å². The van der Waals surface area contributed by atoms with Crippen LogP contribution in [0.2, 0.25) is 0 Å². The number of aromatic nitrogens is 2. The highest BCUT2D eigenvalue weighted by atomic mass is 19.1. The summed E-state index contributed by atoms with van der Waals surface area (Å²) in [6, 6.07) is 5.26. The second-order valence-corrected chi connectivity index (χ2v) is 3.91. The van der Waals surface area contributed by atoms with Gasteiger partial charge in [0.05, 0.1) is 5.69 Å². The maximum absolute atomic E-state index is 13.2. The van der Waals surface area contributed by atoms with Gasteiger partial charge in [-0.2, -0.15) is 0 Å². The average molecular weight is 283 g/mol. The number of rotatable bonds is 6. The second-order valence-electron chi connectivity index (χ2n) is 3.91. The zero-order valence-electron chi connectivity index (χ0n) is 10.4. The molecule has 0 radical (unpaired) electrons. The van der Waals surface area contributed by atoms with Crippen molar-refractivity contribution in [3.63, 3.8) is 0 Å². The third-order valence-electron chi connectivity index (χ3n) is 2.43. The third kappa shape index (κ3) is 3.59. The average Bonchev–Trinajstić information content (AvgIpc) is 2.48. The van der Waals surface area contributed by atoms with Gasteiger partial charge in [-0.15, -0.1) is 0 Å². The van der Waals surface area contributed by atoms with Crippen molar-refractivity contribution in [3.05, 3.63) is 42.6 Å². The molecule has 0 saturated heterocycles. The number of ether oxygens (including phenoxy) is 1. The summed E-state index contributed by atoms with van der Waals surface area (Å²) in [4.78, 5) is 7.69. The Morgan fingerprint density at radius 1 is 1.20 bits per heavy atom. The van der Waals surface area contributed by atoms with E-state index < -0.39 is 25.3 Å². The predicted molar refractivity (Wildman–Crippen MR) is 68.1 cm³/mol.